The van der Waals surface area contributed by atoms with Gasteiger partial charge in [-0.25, -0.2) is 8.78 Å². The Morgan fingerprint density at radius 2 is 2.00 bits per heavy atom. The molecule has 0 fully saturated rings. The first-order valence-corrected chi connectivity index (χ1v) is 6.21. The van der Waals surface area contributed by atoms with Crippen LogP contribution in [-0.2, 0) is 0 Å². The third-order valence-corrected chi connectivity index (χ3v) is 3.53. The lowest BCUT2D eigenvalue weighted by atomic mass is 9.91. The molecule has 0 radical (unpaired) electrons. The minimum absolute atomic E-state index is 0.0729. The van der Waals surface area contributed by atoms with Crippen LogP contribution in [0.5, 0.6) is 0 Å². The molecule has 0 bridgehead atoms. The standard InChI is InChI=1S/C12H17F2NS/c1-12(2,8-15)5-6-16-11-4-3-9(13)7-10(11)14/h3-4,7H,5-6,8,15H2,1-2H3. The first-order valence-electron chi connectivity index (χ1n) is 5.22. The second-order valence-electron chi connectivity index (χ2n) is 4.54. The lowest BCUT2D eigenvalue weighted by Crippen LogP contribution is -2.24. The number of nitrogens with two attached hydrogens (primary N) is 1. The molecular weight excluding hydrogens is 228 g/mol. The minimum Gasteiger partial charge on any atom is -0.330 e. The molecule has 16 heavy (non-hydrogen) atoms. The summed E-state index contributed by atoms with van der Waals surface area (Å²) in [5.41, 5.74) is 5.68. The smallest absolute Gasteiger partial charge is 0.139 e. The van der Waals surface area contributed by atoms with Crippen LogP contribution in [0.4, 0.5) is 8.78 Å². The van der Waals surface area contributed by atoms with Crippen LogP contribution >= 0.6 is 11.8 Å². The van der Waals surface area contributed by atoms with E-state index in [4.69, 9.17) is 5.73 Å². The van der Waals surface area contributed by atoms with Crippen LogP contribution in [0.1, 0.15) is 20.3 Å². The van der Waals surface area contributed by atoms with Crippen molar-refractivity contribution in [1.82, 2.24) is 0 Å². The zero-order valence-electron chi connectivity index (χ0n) is 9.59. The maximum Gasteiger partial charge on any atom is 0.139 e. The lowest BCUT2D eigenvalue weighted by molar-refractivity contribution is 0.368. The predicted octanol–water partition coefficient (Wildman–Crippen LogP) is 3.43. The van der Waals surface area contributed by atoms with Crippen molar-refractivity contribution < 1.29 is 8.78 Å². The Kier molecular flexibility index (Phi) is 4.74. The van der Waals surface area contributed by atoms with Gasteiger partial charge < -0.3 is 5.73 Å². The fourth-order valence-electron chi connectivity index (χ4n) is 1.13. The normalized spacial score (nSPS) is 11.8. The van der Waals surface area contributed by atoms with E-state index in [1.54, 1.807) is 0 Å². The molecular formula is C12H17F2NS. The predicted molar refractivity (Wildman–Crippen MR) is 64.5 cm³/mol. The molecule has 90 valence electrons. The molecule has 0 aliphatic rings. The van der Waals surface area contributed by atoms with Crippen LogP contribution in [0.15, 0.2) is 23.1 Å². The molecule has 1 rings (SSSR count). The van der Waals surface area contributed by atoms with Crippen LogP contribution in [0.2, 0.25) is 0 Å². The van der Waals surface area contributed by atoms with Gasteiger partial charge in [-0.15, -0.1) is 11.8 Å². The zero-order valence-corrected chi connectivity index (χ0v) is 10.4. The molecule has 2 N–H and O–H groups in total. The number of halogens is 2. The van der Waals surface area contributed by atoms with Gasteiger partial charge >= 0.3 is 0 Å². The first kappa shape index (κ1) is 13.5. The average Bonchev–Trinajstić information content (AvgIpc) is 2.21. The molecule has 1 nitrogen and oxygen atoms in total. The summed E-state index contributed by atoms with van der Waals surface area (Å²) in [6, 6.07) is 3.67. The number of thioether (sulfide) groups is 1. The van der Waals surface area contributed by atoms with Crippen molar-refractivity contribution >= 4 is 11.8 Å². The molecule has 0 heterocycles. The molecule has 1 aromatic rings. The van der Waals surface area contributed by atoms with Gasteiger partial charge in [-0.1, -0.05) is 13.8 Å². The summed E-state index contributed by atoms with van der Waals surface area (Å²) in [6.07, 6.45) is 0.908. The van der Waals surface area contributed by atoms with Crippen molar-refractivity contribution in [2.75, 3.05) is 12.3 Å². The number of rotatable bonds is 5. The third kappa shape index (κ3) is 4.10. The molecule has 0 aliphatic carbocycles. The van der Waals surface area contributed by atoms with Gasteiger partial charge in [-0.2, -0.15) is 0 Å². The monoisotopic (exact) mass is 245 g/mol. The maximum atomic E-state index is 13.3. The highest BCUT2D eigenvalue weighted by Gasteiger charge is 2.15. The first-order chi connectivity index (χ1) is 7.44. The SMILES string of the molecule is CC(C)(CN)CCSc1ccc(F)cc1F. The van der Waals surface area contributed by atoms with E-state index in [-0.39, 0.29) is 5.41 Å². The average molecular weight is 245 g/mol. The van der Waals surface area contributed by atoms with Crippen LogP contribution < -0.4 is 5.73 Å². The van der Waals surface area contributed by atoms with Crippen molar-refractivity contribution in [3.05, 3.63) is 29.8 Å². The molecule has 0 aromatic heterocycles. The van der Waals surface area contributed by atoms with E-state index < -0.39 is 11.6 Å². The van der Waals surface area contributed by atoms with Gasteiger partial charge in [0.1, 0.15) is 11.6 Å². The second kappa shape index (κ2) is 5.64. The Balaban J connectivity index is 2.49. The van der Waals surface area contributed by atoms with Crippen LogP contribution in [0.3, 0.4) is 0 Å². The topological polar surface area (TPSA) is 26.0 Å². The number of hydrogen-bond acceptors (Lipinski definition) is 2. The summed E-state index contributed by atoms with van der Waals surface area (Å²) in [6.45, 7) is 4.77. The van der Waals surface area contributed by atoms with Gasteiger partial charge in [0.05, 0.1) is 0 Å². The van der Waals surface area contributed by atoms with Gasteiger partial charge in [0.15, 0.2) is 0 Å². The van der Waals surface area contributed by atoms with E-state index in [1.807, 2.05) is 0 Å². The van der Waals surface area contributed by atoms with Crippen molar-refractivity contribution in [2.24, 2.45) is 11.1 Å². The molecule has 4 heteroatoms. The van der Waals surface area contributed by atoms with Gasteiger partial charge in [0.2, 0.25) is 0 Å². The van der Waals surface area contributed by atoms with E-state index in [2.05, 4.69) is 13.8 Å². The Morgan fingerprint density at radius 3 is 2.56 bits per heavy atom. The molecule has 0 saturated heterocycles. The Morgan fingerprint density at radius 1 is 1.31 bits per heavy atom. The molecule has 0 saturated carbocycles. The zero-order chi connectivity index (χ0) is 12.2. The van der Waals surface area contributed by atoms with Gasteiger partial charge in [0.25, 0.3) is 0 Å². The van der Waals surface area contributed by atoms with E-state index >= 15 is 0 Å². The highest BCUT2D eigenvalue weighted by molar-refractivity contribution is 7.99. The van der Waals surface area contributed by atoms with Crippen molar-refractivity contribution in [1.29, 1.82) is 0 Å². The lowest BCUT2D eigenvalue weighted by Gasteiger charge is -2.21. The van der Waals surface area contributed by atoms with Crippen LogP contribution in [-0.4, -0.2) is 12.3 Å². The van der Waals surface area contributed by atoms with Gasteiger partial charge in [0, 0.05) is 11.0 Å². The van der Waals surface area contributed by atoms with Crippen molar-refractivity contribution in [3.63, 3.8) is 0 Å². The van der Waals surface area contributed by atoms with E-state index in [1.165, 1.54) is 23.9 Å². The molecule has 1 aromatic carbocycles. The summed E-state index contributed by atoms with van der Waals surface area (Å²) in [7, 11) is 0. The summed E-state index contributed by atoms with van der Waals surface area (Å²) < 4.78 is 25.9. The summed E-state index contributed by atoms with van der Waals surface area (Å²) >= 11 is 1.40. The van der Waals surface area contributed by atoms with E-state index in [0.29, 0.717) is 11.4 Å². The summed E-state index contributed by atoms with van der Waals surface area (Å²) in [5.74, 6) is -0.244. The minimum atomic E-state index is -0.538. The van der Waals surface area contributed by atoms with Crippen molar-refractivity contribution in [3.8, 4) is 0 Å². The molecule has 0 aliphatic heterocycles. The highest BCUT2D eigenvalue weighted by Crippen LogP contribution is 2.27. The van der Waals surface area contributed by atoms with E-state index in [0.717, 1.165) is 18.2 Å². The Bertz CT molecular complexity index is 353. The molecule has 0 spiro atoms. The maximum absolute atomic E-state index is 13.3. The fraction of sp³-hybridized carbons (Fsp3) is 0.500. The highest BCUT2D eigenvalue weighted by atomic mass is 32.2. The second-order valence-corrected chi connectivity index (χ2v) is 5.68. The summed E-state index contributed by atoms with van der Waals surface area (Å²) in [5, 5.41) is 0. The van der Waals surface area contributed by atoms with Gasteiger partial charge in [-0.05, 0) is 36.3 Å². The fourth-order valence-corrected chi connectivity index (χ4v) is 2.37. The van der Waals surface area contributed by atoms with Gasteiger partial charge in [-0.3, -0.25) is 0 Å². The molecule has 0 amide bonds. The van der Waals surface area contributed by atoms with Crippen LogP contribution in [0.25, 0.3) is 0 Å². The van der Waals surface area contributed by atoms with E-state index in [9.17, 15) is 8.78 Å². The molecule has 0 unspecified atom stereocenters. The number of hydrogen-bond donors (Lipinski definition) is 1. The molecule has 0 atom stereocenters. The Labute approximate surface area is 99.4 Å². The third-order valence-electron chi connectivity index (χ3n) is 2.48. The van der Waals surface area contributed by atoms with Crippen molar-refractivity contribution in [2.45, 2.75) is 25.2 Å². The quantitative estimate of drug-likeness (QED) is 0.804. The Hall–Kier alpha value is -0.610. The number of benzene rings is 1. The summed E-state index contributed by atoms with van der Waals surface area (Å²) in [4.78, 5) is 0.495. The van der Waals surface area contributed by atoms with Crippen LogP contribution in [0, 0.1) is 17.0 Å². The largest absolute Gasteiger partial charge is 0.330 e.